The molecule has 2 heterocycles. The number of alkyl halides is 3. The molecule has 5 rings (SSSR count). The fourth-order valence-electron chi connectivity index (χ4n) is 5.14. The quantitative estimate of drug-likeness (QED) is 0.257. The molecule has 4 atom stereocenters. The number of halogens is 3. The van der Waals surface area contributed by atoms with Gasteiger partial charge in [-0.2, -0.15) is 13.2 Å². The van der Waals surface area contributed by atoms with Crippen LogP contribution >= 0.6 is 0 Å². The molecule has 1 saturated heterocycles. The van der Waals surface area contributed by atoms with Crippen molar-refractivity contribution >= 4 is 12.0 Å². The number of aromatic nitrogens is 2. The molecule has 1 fully saturated rings. The van der Waals surface area contributed by atoms with Crippen molar-refractivity contribution in [1.29, 1.82) is 0 Å². The molecule has 1 aliphatic heterocycles. The number of benzene rings is 2. The van der Waals surface area contributed by atoms with Crippen molar-refractivity contribution in [3.8, 4) is 11.1 Å². The zero-order valence-corrected chi connectivity index (χ0v) is 23.5. The summed E-state index contributed by atoms with van der Waals surface area (Å²) in [6.45, 7) is 0.872. The number of likely N-dealkylation sites (N-methyl/N-ethyl adjacent to an activating group) is 1. The molecule has 3 N–H and O–H groups in total. The molecule has 0 radical (unpaired) electrons. The van der Waals surface area contributed by atoms with Crippen LogP contribution in [0.25, 0.3) is 11.1 Å². The van der Waals surface area contributed by atoms with E-state index >= 15 is 0 Å². The fraction of sp³-hybridized carbons (Fsp3) is 0.379. The highest BCUT2D eigenvalue weighted by molar-refractivity contribution is 5.85. The van der Waals surface area contributed by atoms with Gasteiger partial charge in [0.25, 0.3) is 5.56 Å². The maximum atomic E-state index is 13.1. The molecule has 0 saturated carbocycles. The van der Waals surface area contributed by atoms with E-state index in [1.807, 2.05) is 48.5 Å². The molecule has 2 aliphatic rings. The first-order chi connectivity index (χ1) is 20.9. The smallest absolute Gasteiger partial charge is 0.423 e. The van der Waals surface area contributed by atoms with Gasteiger partial charge in [-0.05, 0) is 18.1 Å². The third kappa shape index (κ3) is 6.11. The third-order valence-electron chi connectivity index (χ3n) is 7.66. The number of aromatic amines is 1. The molecule has 234 valence electrons. The second-order valence-corrected chi connectivity index (χ2v) is 10.4. The van der Waals surface area contributed by atoms with Crippen molar-refractivity contribution < 1.29 is 42.1 Å². The Bertz CT molecular complexity index is 1630. The number of amides is 2. The first kappa shape index (κ1) is 31.0. The minimum absolute atomic E-state index is 0.247. The number of carbonyl (C=O) groups excluding carboxylic acids is 2. The average Bonchev–Trinajstić information content (AvgIpc) is 3.51. The van der Waals surface area contributed by atoms with Gasteiger partial charge in [0.15, 0.2) is 6.10 Å². The molecule has 1 aliphatic carbocycles. The van der Waals surface area contributed by atoms with Crippen LogP contribution in [0.2, 0.25) is 0 Å². The van der Waals surface area contributed by atoms with Gasteiger partial charge in [-0.1, -0.05) is 48.5 Å². The van der Waals surface area contributed by atoms with E-state index in [9.17, 15) is 37.5 Å². The molecule has 12 nitrogen and oxygen atoms in total. The minimum atomic E-state index is -5.00. The Morgan fingerprint density at radius 3 is 2.36 bits per heavy atom. The number of nitrogens with one attached hydrogen (secondary N) is 2. The molecule has 15 heteroatoms. The normalized spacial score (nSPS) is 20.1. The Kier molecular flexibility index (Phi) is 8.63. The van der Waals surface area contributed by atoms with E-state index in [4.69, 9.17) is 14.2 Å². The van der Waals surface area contributed by atoms with Gasteiger partial charge in [0.2, 0.25) is 5.91 Å². The number of hydrogen-bond donors (Lipinski definition) is 3. The molecule has 2 amide bonds. The van der Waals surface area contributed by atoms with Crippen LogP contribution in [0.3, 0.4) is 0 Å². The lowest BCUT2D eigenvalue weighted by atomic mass is 10.1. The number of aliphatic hydroxyl groups excluding tert-OH is 1. The first-order valence-corrected chi connectivity index (χ1v) is 13.6. The molecular weight excluding hydrogens is 589 g/mol. The highest BCUT2D eigenvalue weighted by Crippen LogP contribution is 2.45. The lowest BCUT2D eigenvalue weighted by Crippen LogP contribution is -2.47. The van der Waals surface area contributed by atoms with Crippen molar-refractivity contribution in [2.45, 2.75) is 50.1 Å². The van der Waals surface area contributed by atoms with Crippen LogP contribution < -0.4 is 16.6 Å². The third-order valence-corrected chi connectivity index (χ3v) is 7.66. The van der Waals surface area contributed by atoms with E-state index in [0.717, 1.165) is 27.2 Å². The summed E-state index contributed by atoms with van der Waals surface area (Å²) in [6.07, 6.45) is -9.81. The number of hydrogen-bond acceptors (Lipinski definition) is 8. The van der Waals surface area contributed by atoms with E-state index in [-0.39, 0.29) is 19.8 Å². The highest BCUT2D eigenvalue weighted by atomic mass is 19.4. The van der Waals surface area contributed by atoms with Crippen LogP contribution in [0.5, 0.6) is 0 Å². The summed E-state index contributed by atoms with van der Waals surface area (Å²) in [6, 6.07) is 14.2. The Morgan fingerprint density at radius 2 is 1.75 bits per heavy atom. The van der Waals surface area contributed by atoms with Crippen molar-refractivity contribution in [1.82, 2.24) is 19.8 Å². The first-order valence-electron chi connectivity index (χ1n) is 13.6. The van der Waals surface area contributed by atoms with Gasteiger partial charge in [-0.25, -0.2) is 9.59 Å². The van der Waals surface area contributed by atoms with E-state index in [2.05, 4.69) is 5.32 Å². The largest absolute Gasteiger partial charge is 0.436 e. The number of fused-ring (bicyclic) bond motifs is 3. The number of carbonyl (C=O) groups is 2. The Labute approximate surface area is 248 Å². The summed E-state index contributed by atoms with van der Waals surface area (Å²) in [4.78, 5) is 52.1. The van der Waals surface area contributed by atoms with Gasteiger partial charge in [-0.3, -0.25) is 24.0 Å². The van der Waals surface area contributed by atoms with E-state index in [1.54, 1.807) is 4.98 Å². The van der Waals surface area contributed by atoms with Crippen LogP contribution in [0.15, 0.2) is 64.3 Å². The maximum Gasteiger partial charge on any atom is 0.423 e. The lowest BCUT2D eigenvalue weighted by molar-refractivity contribution is -0.139. The summed E-state index contributed by atoms with van der Waals surface area (Å²) in [5, 5.41) is 12.8. The number of rotatable bonds is 8. The van der Waals surface area contributed by atoms with Gasteiger partial charge >= 0.3 is 18.0 Å². The molecule has 2 aromatic carbocycles. The molecule has 0 unspecified atom stereocenters. The zero-order valence-electron chi connectivity index (χ0n) is 23.5. The summed E-state index contributed by atoms with van der Waals surface area (Å²) in [5.74, 6) is -0.568. The maximum absolute atomic E-state index is 13.1. The van der Waals surface area contributed by atoms with Gasteiger partial charge in [0.1, 0.15) is 30.7 Å². The Balaban J connectivity index is 1.12. The second-order valence-electron chi connectivity index (χ2n) is 10.4. The predicted molar refractivity (Wildman–Crippen MR) is 147 cm³/mol. The van der Waals surface area contributed by atoms with Crippen molar-refractivity contribution in [3.63, 3.8) is 0 Å². The minimum Gasteiger partial charge on any atom is -0.436 e. The van der Waals surface area contributed by atoms with Gasteiger partial charge in [-0.15, -0.1) is 0 Å². The van der Waals surface area contributed by atoms with Crippen LogP contribution in [0, 0.1) is 0 Å². The molecule has 0 spiro atoms. The van der Waals surface area contributed by atoms with E-state index < -0.39 is 65.6 Å². The summed E-state index contributed by atoms with van der Waals surface area (Å²) >= 11 is 0. The predicted octanol–water partition coefficient (Wildman–Crippen LogP) is 2.52. The number of H-pyrrole nitrogens is 1. The highest BCUT2D eigenvalue weighted by Gasteiger charge is 2.39. The van der Waals surface area contributed by atoms with Gasteiger partial charge in [0, 0.05) is 30.8 Å². The SMILES string of the molecule is C[C@@H](C(=O)NCOC[C@H]1O[C@@H](n2cc(C(F)(F)F)c(=O)[nH]c2=O)C[C@@H]1O)N(C)C(=O)OC1c2ccccc2-c2ccccc21. The topological polar surface area (TPSA) is 152 Å². The standard InChI is InChI=1S/C29H29F3N4O8/c1-15(35(2)28(41)44-24-18-9-5-3-7-16(18)17-8-4-6-10-19(17)24)25(38)33-14-42-13-22-21(37)11-23(43-22)36-12-20(29(30,31)32)26(39)34-27(36)40/h3-10,12,15,21-24,37H,11,13-14H2,1-2H3,(H,33,38)(H,34,39,40)/t15-,21-,22+,23+/m0/s1. The lowest BCUT2D eigenvalue weighted by Gasteiger charge is -2.26. The van der Waals surface area contributed by atoms with Crippen molar-refractivity contribution in [2.75, 3.05) is 20.4 Å². The Hall–Kier alpha value is -4.47. The molecule has 0 bridgehead atoms. The molecule has 44 heavy (non-hydrogen) atoms. The number of nitrogens with zero attached hydrogens (tertiary/aromatic N) is 2. The number of ether oxygens (including phenoxy) is 3. The summed E-state index contributed by atoms with van der Waals surface area (Å²) < 4.78 is 56.6. The average molecular weight is 619 g/mol. The van der Waals surface area contributed by atoms with Crippen molar-refractivity contribution in [2.24, 2.45) is 0 Å². The van der Waals surface area contributed by atoms with Gasteiger partial charge in [0.05, 0.1) is 12.7 Å². The fourth-order valence-corrected chi connectivity index (χ4v) is 5.14. The second kappa shape index (κ2) is 12.3. The Morgan fingerprint density at radius 1 is 1.14 bits per heavy atom. The molecular formula is C29H29F3N4O8. The molecule has 3 aromatic rings. The van der Waals surface area contributed by atoms with Crippen molar-refractivity contribution in [3.05, 3.63) is 92.3 Å². The summed E-state index contributed by atoms with van der Waals surface area (Å²) in [7, 11) is 1.42. The van der Waals surface area contributed by atoms with Crippen LogP contribution in [0.1, 0.15) is 42.4 Å². The number of aliphatic hydroxyl groups is 1. The van der Waals surface area contributed by atoms with Gasteiger partial charge < -0.3 is 24.6 Å². The van der Waals surface area contributed by atoms with E-state index in [1.165, 1.54) is 14.0 Å². The molecule has 1 aromatic heterocycles. The van der Waals surface area contributed by atoms with Crippen LogP contribution in [0.4, 0.5) is 18.0 Å². The van der Waals surface area contributed by atoms with Crippen LogP contribution in [-0.4, -0.2) is 70.2 Å². The van der Waals surface area contributed by atoms with Crippen LogP contribution in [-0.2, 0) is 25.2 Å². The van der Waals surface area contributed by atoms with E-state index in [0.29, 0.717) is 10.8 Å². The summed E-state index contributed by atoms with van der Waals surface area (Å²) in [5.41, 5.74) is -0.700. The zero-order chi connectivity index (χ0) is 31.8. The monoisotopic (exact) mass is 618 g/mol.